The van der Waals surface area contributed by atoms with E-state index in [1.54, 1.807) is 6.07 Å². The monoisotopic (exact) mass is 342 g/mol. The molecule has 1 aromatic heterocycles. The highest BCUT2D eigenvalue weighted by atomic mass is 32.1. The third-order valence-electron chi connectivity index (χ3n) is 4.47. The first-order chi connectivity index (χ1) is 11.6. The third kappa shape index (κ3) is 4.03. The summed E-state index contributed by atoms with van der Waals surface area (Å²) in [6.07, 6.45) is 5.44. The smallest absolute Gasteiger partial charge is 0.265 e. The minimum absolute atomic E-state index is 0.0968. The number of aryl methyl sites for hydroxylation is 1. The maximum Gasteiger partial charge on any atom is 0.265 e. The molecular weight excluding hydrogens is 320 g/mol. The maximum atomic E-state index is 12.4. The van der Waals surface area contributed by atoms with Crippen LogP contribution in [0.25, 0.3) is 0 Å². The normalized spacial score (nSPS) is 15.0. The topological polar surface area (TPSA) is 58.2 Å². The Labute approximate surface area is 146 Å². The highest BCUT2D eigenvalue weighted by Crippen LogP contribution is 2.27. The Morgan fingerprint density at radius 3 is 2.58 bits per heavy atom. The number of amides is 2. The summed E-state index contributed by atoms with van der Waals surface area (Å²) in [7, 11) is 0. The molecule has 5 heteroatoms. The van der Waals surface area contributed by atoms with E-state index in [1.165, 1.54) is 17.8 Å². The molecule has 1 aliphatic carbocycles. The van der Waals surface area contributed by atoms with Gasteiger partial charge in [0.1, 0.15) is 0 Å². The van der Waals surface area contributed by atoms with E-state index < -0.39 is 0 Å². The van der Waals surface area contributed by atoms with E-state index in [4.69, 9.17) is 0 Å². The molecule has 1 fully saturated rings. The molecule has 0 atom stereocenters. The predicted octanol–water partition coefficient (Wildman–Crippen LogP) is 4.83. The second-order valence-corrected chi connectivity index (χ2v) is 7.23. The van der Waals surface area contributed by atoms with Crippen LogP contribution in [0, 0.1) is 12.8 Å². The van der Waals surface area contributed by atoms with Gasteiger partial charge < -0.3 is 10.6 Å². The van der Waals surface area contributed by atoms with Crippen LogP contribution in [0.5, 0.6) is 0 Å². The fourth-order valence-corrected chi connectivity index (χ4v) is 3.65. The molecule has 0 unspecified atom stereocenters. The van der Waals surface area contributed by atoms with Gasteiger partial charge in [-0.15, -0.1) is 11.3 Å². The van der Waals surface area contributed by atoms with Gasteiger partial charge in [0.2, 0.25) is 5.91 Å². The molecule has 0 bridgehead atoms. The van der Waals surface area contributed by atoms with Gasteiger partial charge in [-0.3, -0.25) is 9.59 Å². The van der Waals surface area contributed by atoms with Crippen molar-refractivity contribution in [2.75, 3.05) is 10.6 Å². The zero-order chi connectivity index (χ0) is 16.9. The first-order valence-electron chi connectivity index (χ1n) is 8.40. The molecule has 1 aromatic carbocycles. The Morgan fingerprint density at radius 2 is 1.88 bits per heavy atom. The number of thiophene rings is 1. The lowest BCUT2D eigenvalue weighted by Crippen LogP contribution is -2.25. The van der Waals surface area contributed by atoms with E-state index in [0.717, 1.165) is 36.9 Å². The quantitative estimate of drug-likeness (QED) is 0.836. The Hall–Kier alpha value is -2.14. The Morgan fingerprint density at radius 1 is 1.08 bits per heavy atom. The number of hydrogen-bond donors (Lipinski definition) is 2. The van der Waals surface area contributed by atoms with Crippen LogP contribution in [-0.4, -0.2) is 11.8 Å². The van der Waals surface area contributed by atoms with Crippen molar-refractivity contribution in [3.05, 3.63) is 46.2 Å². The molecule has 4 nitrogen and oxygen atoms in total. The van der Waals surface area contributed by atoms with Crippen LogP contribution in [-0.2, 0) is 4.79 Å². The van der Waals surface area contributed by atoms with Crippen LogP contribution in [0.3, 0.4) is 0 Å². The van der Waals surface area contributed by atoms with Crippen molar-refractivity contribution in [2.24, 2.45) is 5.92 Å². The van der Waals surface area contributed by atoms with E-state index in [0.29, 0.717) is 10.6 Å². The number of nitrogens with one attached hydrogen (secondary N) is 2. The molecule has 1 aliphatic rings. The summed E-state index contributed by atoms with van der Waals surface area (Å²) >= 11 is 1.41. The van der Waals surface area contributed by atoms with E-state index in [-0.39, 0.29) is 17.7 Å². The van der Waals surface area contributed by atoms with Crippen LogP contribution < -0.4 is 10.6 Å². The number of benzene rings is 1. The molecule has 0 radical (unpaired) electrons. The molecule has 2 aromatic rings. The second kappa shape index (κ2) is 7.62. The van der Waals surface area contributed by atoms with Gasteiger partial charge in [0, 0.05) is 17.3 Å². The van der Waals surface area contributed by atoms with Gasteiger partial charge in [-0.05, 0) is 48.9 Å². The summed E-state index contributed by atoms with van der Waals surface area (Å²) in [5, 5.41) is 7.80. The molecule has 0 spiro atoms. The zero-order valence-electron chi connectivity index (χ0n) is 13.8. The SMILES string of the molecule is Cc1ccc(NC(=O)c2cccs2)cc1NC(=O)C1CCCCC1. The lowest BCUT2D eigenvalue weighted by Gasteiger charge is -2.21. The first kappa shape index (κ1) is 16.7. The van der Waals surface area contributed by atoms with Crippen LogP contribution in [0.4, 0.5) is 11.4 Å². The van der Waals surface area contributed by atoms with Crippen molar-refractivity contribution < 1.29 is 9.59 Å². The van der Waals surface area contributed by atoms with Gasteiger partial charge in [0.15, 0.2) is 0 Å². The zero-order valence-corrected chi connectivity index (χ0v) is 14.6. The molecule has 126 valence electrons. The summed E-state index contributed by atoms with van der Waals surface area (Å²) < 4.78 is 0. The molecule has 3 rings (SSSR count). The summed E-state index contributed by atoms with van der Waals surface area (Å²) in [5.74, 6) is 0.0838. The van der Waals surface area contributed by atoms with Crippen molar-refractivity contribution in [1.29, 1.82) is 0 Å². The molecule has 2 N–H and O–H groups in total. The van der Waals surface area contributed by atoms with E-state index >= 15 is 0 Å². The first-order valence-corrected chi connectivity index (χ1v) is 9.28. The Bertz CT molecular complexity index is 719. The highest BCUT2D eigenvalue weighted by molar-refractivity contribution is 7.12. The van der Waals surface area contributed by atoms with Crippen LogP contribution in [0.1, 0.15) is 47.3 Å². The number of carbonyl (C=O) groups excluding carboxylic acids is 2. The van der Waals surface area contributed by atoms with Crippen LogP contribution in [0.2, 0.25) is 0 Å². The molecule has 1 saturated carbocycles. The van der Waals surface area contributed by atoms with Crippen molar-refractivity contribution in [2.45, 2.75) is 39.0 Å². The number of carbonyl (C=O) groups is 2. The molecular formula is C19H22N2O2S. The summed E-state index contributed by atoms with van der Waals surface area (Å²) in [6.45, 7) is 1.96. The Kier molecular flexibility index (Phi) is 5.30. The summed E-state index contributed by atoms with van der Waals surface area (Å²) in [4.78, 5) is 25.3. The van der Waals surface area contributed by atoms with Gasteiger partial charge in [0.25, 0.3) is 5.91 Å². The fraction of sp³-hybridized carbons (Fsp3) is 0.368. The van der Waals surface area contributed by atoms with Crippen molar-refractivity contribution in [1.82, 2.24) is 0 Å². The second-order valence-electron chi connectivity index (χ2n) is 6.29. The predicted molar refractivity (Wildman–Crippen MR) is 98.7 cm³/mol. The van der Waals surface area contributed by atoms with Crippen LogP contribution >= 0.6 is 11.3 Å². The number of hydrogen-bond acceptors (Lipinski definition) is 3. The average Bonchev–Trinajstić information content (AvgIpc) is 3.13. The third-order valence-corrected chi connectivity index (χ3v) is 5.34. The van der Waals surface area contributed by atoms with E-state index in [1.807, 2.05) is 36.6 Å². The number of anilines is 2. The largest absolute Gasteiger partial charge is 0.326 e. The van der Waals surface area contributed by atoms with E-state index in [2.05, 4.69) is 10.6 Å². The molecule has 24 heavy (non-hydrogen) atoms. The molecule has 0 aliphatic heterocycles. The standard InChI is InChI=1S/C19H22N2O2S/c1-13-9-10-15(20-19(23)17-8-5-11-24-17)12-16(13)21-18(22)14-6-3-2-4-7-14/h5,8-12,14H,2-4,6-7H2,1H3,(H,20,23)(H,21,22). The minimum Gasteiger partial charge on any atom is -0.326 e. The van der Waals surface area contributed by atoms with Crippen molar-refractivity contribution in [3.8, 4) is 0 Å². The van der Waals surface area contributed by atoms with Gasteiger partial charge in [-0.1, -0.05) is 31.4 Å². The minimum atomic E-state index is -0.126. The number of rotatable bonds is 4. The van der Waals surface area contributed by atoms with Gasteiger partial charge in [-0.25, -0.2) is 0 Å². The fourth-order valence-electron chi connectivity index (χ4n) is 3.03. The average molecular weight is 342 g/mol. The lowest BCUT2D eigenvalue weighted by molar-refractivity contribution is -0.120. The van der Waals surface area contributed by atoms with E-state index in [9.17, 15) is 9.59 Å². The molecule has 1 heterocycles. The summed E-state index contributed by atoms with van der Waals surface area (Å²) in [6, 6.07) is 9.25. The van der Waals surface area contributed by atoms with Gasteiger partial charge in [-0.2, -0.15) is 0 Å². The summed E-state index contributed by atoms with van der Waals surface area (Å²) in [5.41, 5.74) is 2.46. The lowest BCUT2D eigenvalue weighted by atomic mass is 9.88. The van der Waals surface area contributed by atoms with Crippen molar-refractivity contribution >= 4 is 34.5 Å². The van der Waals surface area contributed by atoms with Gasteiger partial charge in [0.05, 0.1) is 4.88 Å². The van der Waals surface area contributed by atoms with Gasteiger partial charge >= 0.3 is 0 Å². The molecule has 2 amide bonds. The van der Waals surface area contributed by atoms with Crippen molar-refractivity contribution in [3.63, 3.8) is 0 Å². The van der Waals surface area contributed by atoms with Crippen LogP contribution in [0.15, 0.2) is 35.7 Å². The maximum absolute atomic E-state index is 12.4. The highest BCUT2D eigenvalue weighted by Gasteiger charge is 2.21. The Balaban J connectivity index is 1.69. The molecule has 0 saturated heterocycles.